The van der Waals surface area contributed by atoms with Crippen molar-refractivity contribution >= 4 is 11.8 Å². The van der Waals surface area contributed by atoms with Crippen LogP contribution < -0.4 is 11.2 Å². The van der Waals surface area contributed by atoms with Crippen molar-refractivity contribution in [3.8, 4) is 0 Å². The van der Waals surface area contributed by atoms with Crippen molar-refractivity contribution in [2.75, 3.05) is 6.61 Å². The molecule has 0 atom stereocenters. The van der Waals surface area contributed by atoms with Crippen LogP contribution in [0.2, 0.25) is 0 Å². The molecule has 0 spiro atoms. The molecule has 0 aliphatic carbocycles. The molecule has 0 saturated carbocycles. The van der Waals surface area contributed by atoms with Crippen molar-refractivity contribution in [2.24, 2.45) is 0 Å². The highest BCUT2D eigenvalue weighted by Crippen LogP contribution is 1.96. The lowest BCUT2D eigenvalue weighted by Gasteiger charge is -2.08. The summed E-state index contributed by atoms with van der Waals surface area (Å²) in [5, 5.41) is 0. The molecule has 0 N–H and O–H groups in total. The zero-order valence-electron chi connectivity index (χ0n) is 12.3. The molecule has 0 aliphatic heterocycles. The van der Waals surface area contributed by atoms with E-state index in [2.05, 4.69) is 0 Å². The minimum absolute atomic E-state index is 0.0442. The van der Waals surface area contributed by atoms with Crippen molar-refractivity contribution in [3.63, 3.8) is 0 Å². The van der Waals surface area contributed by atoms with E-state index < -0.39 is 17.2 Å². The Morgan fingerprint density at radius 1 is 1.19 bits per heavy atom. The maximum absolute atomic E-state index is 12.0. The quantitative estimate of drug-likeness (QED) is 0.645. The molecule has 0 bridgehead atoms. The van der Waals surface area contributed by atoms with Gasteiger partial charge in [-0.25, -0.2) is 4.79 Å². The van der Waals surface area contributed by atoms with E-state index in [1.807, 2.05) is 6.92 Å². The highest BCUT2D eigenvalue weighted by atomic mass is 16.5. The predicted octanol–water partition coefficient (Wildman–Crippen LogP) is 0.332. The molecule has 0 unspecified atom stereocenters. The highest BCUT2D eigenvalue weighted by Gasteiger charge is 2.12. The molecule has 0 saturated heterocycles. The van der Waals surface area contributed by atoms with Gasteiger partial charge in [0, 0.05) is 25.2 Å². The lowest BCUT2D eigenvalue weighted by molar-refractivity contribution is -0.144. The number of esters is 1. The van der Waals surface area contributed by atoms with Gasteiger partial charge in [0.1, 0.15) is 0 Å². The highest BCUT2D eigenvalue weighted by molar-refractivity contribution is 5.82. The third kappa shape index (κ3) is 5.02. The maximum atomic E-state index is 12.0. The third-order valence-corrected chi connectivity index (χ3v) is 2.85. The average molecular weight is 296 g/mol. The Morgan fingerprint density at radius 3 is 2.52 bits per heavy atom. The fourth-order valence-electron chi connectivity index (χ4n) is 1.84. The van der Waals surface area contributed by atoms with E-state index in [4.69, 9.17) is 4.74 Å². The molecule has 21 heavy (non-hydrogen) atoms. The van der Waals surface area contributed by atoms with E-state index in [0.29, 0.717) is 6.54 Å². The largest absolute Gasteiger partial charge is 0.466 e. The number of ether oxygens (including phenoxy) is 1. The molecule has 0 amide bonds. The van der Waals surface area contributed by atoms with Crippen LogP contribution in [0.3, 0.4) is 0 Å². The van der Waals surface area contributed by atoms with Crippen LogP contribution in [-0.4, -0.2) is 27.5 Å². The van der Waals surface area contributed by atoms with Crippen LogP contribution in [0.5, 0.6) is 0 Å². The molecular formula is C14H20N2O5. The normalized spacial score (nSPS) is 10.4. The van der Waals surface area contributed by atoms with Crippen molar-refractivity contribution < 1.29 is 14.3 Å². The van der Waals surface area contributed by atoms with Crippen LogP contribution in [-0.2, 0) is 27.4 Å². The molecule has 0 fully saturated rings. The van der Waals surface area contributed by atoms with Gasteiger partial charge in [0.05, 0.1) is 19.6 Å². The second-order valence-corrected chi connectivity index (χ2v) is 4.56. The Labute approximate surface area is 122 Å². The van der Waals surface area contributed by atoms with Gasteiger partial charge in [0.25, 0.3) is 5.56 Å². The summed E-state index contributed by atoms with van der Waals surface area (Å²) < 4.78 is 7.00. The van der Waals surface area contributed by atoms with E-state index in [9.17, 15) is 19.2 Å². The zero-order valence-corrected chi connectivity index (χ0v) is 12.3. The SMILES string of the molecule is CCCn1ccc(=O)n(CC(=O)CCC(=O)OCC)c1=O. The van der Waals surface area contributed by atoms with Gasteiger partial charge in [-0.2, -0.15) is 0 Å². The standard InChI is InChI=1S/C14H20N2O5/c1-3-8-15-9-7-12(18)16(14(15)20)10-11(17)5-6-13(19)21-4-2/h7,9H,3-6,8,10H2,1-2H3. The van der Waals surface area contributed by atoms with Crippen molar-refractivity contribution in [1.29, 1.82) is 0 Å². The molecule has 1 aromatic heterocycles. The second kappa shape index (κ2) is 8.18. The summed E-state index contributed by atoms with van der Waals surface area (Å²) in [5.41, 5.74) is -1.02. The molecule has 0 radical (unpaired) electrons. The first-order valence-corrected chi connectivity index (χ1v) is 6.97. The molecule has 0 aliphatic rings. The second-order valence-electron chi connectivity index (χ2n) is 4.56. The first-order valence-electron chi connectivity index (χ1n) is 6.97. The first kappa shape index (κ1) is 16.9. The van der Waals surface area contributed by atoms with Crippen LogP contribution >= 0.6 is 0 Å². The minimum atomic E-state index is -0.517. The van der Waals surface area contributed by atoms with Crippen molar-refractivity contribution in [3.05, 3.63) is 33.1 Å². The minimum Gasteiger partial charge on any atom is -0.466 e. The number of aryl methyl sites for hydroxylation is 1. The van der Waals surface area contributed by atoms with Crippen LogP contribution in [0.4, 0.5) is 0 Å². The van der Waals surface area contributed by atoms with Gasteiger partial charge >= 0.3 is 11.7 Å². The Hall–Kier alpha value is -2.18. The Balaban J connectivity index is 2.76. The van der Waals surface area contributed by atoms with Gasteiger partial charge in [0.2, 0.25) is 0 Å². The van der Waals surface area contributed by atoms with Crippen LogP contribution in [0, 0.1) is 0 Å². The molecular weight excluding hydrogens is 276 g/mol. The topological polar surface area (TPSA) is 87.4 Å². The number of nitrogens with zero attached hydrogens (tertiary/aromatic N) is 2. The summed E-state index contributed by atoms with van der Waals surface area (Å²) in [5.74, 6) is -0.814. The smallest absolute Gasteiger partial charge is 0.331 e. The lowest BCUT2D eigenvalue weighted by Crippen LogP contribution is -2.40. The summed E-state index contributed by atoms with van der Waals surface area (Å²) in [7, 11) is 0. The fourth-order valence-corrected chi connectivity index (χ4v) is 1.84. The van der Waals surface area contributed by atoms with Gasteiger partial charge in [-0.3, -0.25) is 19.0 Å². The lowest BCUT2D eigenvalue weighted by atomic mass is 10.2. The van der Waals surface area contributed by atoms with E-state index in [1.165, 1.54) is 16.8 Å². The van der Waals surface area contributed by atoms with Gasteiger partial charge in [0.15, 0.2) is 5.78 Å². The first-order chi connectivity index (χ1) is 9.99. The third-order valence-electron chi connectivity index (χ3n) is 2.85. The van der Waals surface area contributed by atoms with E-state index in [1.54, 1.807) is 6.92 Å². The number of hydrogen-bond donors (Lipinski definition) is 0. The molecule has 7 nitrogen and oxygen atoms in total. The molecule has 1 aromatic rings. The number of carbonyl (C=O) groups is 2. The fraction of sp³-hybridized carbons (Fsp3) is 0.571. The van der Waals surface area contributed by atoms with Gasteiger partial charge < -0.3 is 9.30 Å². The van der Waals surface area contributed by atoms with Crippen LogP contribution in [0.15, 0.2) is 21.9 Å². The number of rotatable bonds is 8. The number of carbonyl (C=O) groups excluding carboxylic acids is 2. The molecule has 1 rings (SSSR count). The number of aromatic nitrogens is 2. The van der Waals surface area contributed by atoms with Gasteiger partial charge in [-0.15, -0.1) is 0 Å². The predicted molar refractivity (Wildman–Crippen MR) is 76.1 cm³/mol. The van der Waals surface area contributed by atoms with E-state index >= 15 is 0 Å². The van der Waals surface area contributed by atoms with Crippen molar-refractivity contribution in [2.45, 2.75) is 46.2 Å². The van der Waals surface area contributed by atoms with Gasteiger partial charge in [-0.1, -0.05) is 6.92 Å². The summed E-state index contributed by atoms with van der Waals surface area (Å²) in [6, 6.07) is 1.26. The Morgan fingerprint density at radius 2 is 1.90 bits per heavy atom. The Kier molecular flexibility index (Phi) is 6.58. The number of Topliss-reactive ketones (excluding diaryl/α,β-unsaturated/α-hetero) is 1. The summed E-state index contributed by atoms with van der Waals surface area (Å²) in [4.78, 5) is 46.7. The zero-order chi connectivity index (χ0) is 15.8. The van der Waals surface area contributed by atoms with Crippen molar-refractivity contribution in [1.82, 2.24) is 9.13 Å². The molecule has 0 aromatic carbocycles. The molecule has 1 heterocycles. The maximum Gasteiger partial charge on any atom is 0.331 e. The Bertz CT molecular complexity index is 615. The van der Waals surface area contributed by atoms with Crippen LogP contribution in [0.25, 0.3) is 0 Å². The summed E-state index contributed by atoms with van der Waals surface area (Å²) in [6.07, 6.45) is 2.08. The average Bonchev–Trinajstić information content (AvgIpc) is 2.45. The van der Waals surface area contributed by atoms with E-state index in [0.717, 1.165) is 11.0 Å². The number of hydrogen-bond acceptors (Lipinski definition) is 5. The number of ketones is 1. The van der Waals surface area contributed by atoms with E-state index in [-0.39, 0.29) is 31.8 Å². The molecule has 116 valence electrons. The molecule has 7 heteroatoms. The van der Waals surface area contributed by atoms with Crippen LogP contribution in [0.1, 0.15) is 33.1 Å². The van der Waals surface area contributed by atoms with Gasteiger partial charge in [-0.05, 0) is 13.3 Å². The monoisotopic (exact) mass is 296 g/mol. The summed E-state index contributed by atoms with van der Waals surface area (Å²) in [6.45, 7) is 4.01. The summed E-state index contributed by atoms with van der Waals surface area (Å²) >= 11 is 0.